The predicted molar refractivity (Wildman–Crippen MR) is 283 cm³/mol. The normalized spacial score (nSPS) is 12.8. The summed E-state index contributed by atoms with van der Waals surface area (Å²) in [5.74, 6) is 0.462. The number of aromatic nitrogens is 3. The quantitative estimate of drug-likeness (QED) is 0.0610. The topological polar surface area (TPSA) is 175 Å². The second kappa shape index (κ2) is 29.2. The number of nitrogens with zero attached hydrogens (tertiary/aromatic N) is 6. The largest absolute Gasteiger partial charge is 1.00 e. The molecular weight excluding hydrogens is 1320 g/mol. The summed E-state index contributed by atoms with van der Waals surface area (Å²) >= 11 is 8.17. The Morgan fingerprint density at radius 1 is 0.646 bits per heavy atom. The molecule has 0 fully saturated rings. The molecule has 0 saturated carbocycles. The van der Waals surface area contributed by atoms with Crippen LogP contribution in [0.3, 0.4) is 0 Å². The number of carbonyl (C=O) groups is 1. The Hall–Kier alpha value is -5.56. The fourth-order valence-electron chi connectivity index (χ4n) is 6.79. The summed E-state index contributed by atoms with van der Waals surface area (Å²) in [6.45, 7) is -0.402. The molecule has 406 valence electrons. The fraction of sp³-hybridized carbons (Fsp3) is 0.173. The number of rotatable bonds is 9. The number of alkyl halides is 10. The number of thiazole rings is 3. The molecule has 27 heteroatoms. The van der Waals surface area contributed by atoms with Crippen LogP contribution in [-0.4, -0.2) is 48.0 Å². The fourth-order valence-corrected chi connectivity index (χ4v) is 11.0. The minimum absolute atomic E-state index is 0. The van der Waals surface area contributed by atoms with E-state index in [4.69, 9.17) is 31.6 Å². The first-order valence-corrected chi connectivity index (χ1v) is 26.1. The third-order valence-corrected chi connectivity index (χ3v) is 15.0. The Morgan fingerprint density at radius 2 is 1.05 bits per heavy atom. The van der Waals surface area contributed by atoms with Crippen molar-refractivity contribution >= 4 is 103 Å². The number of fused-ring (bicyclic) bond motifs is 3. The molecule has 6 aromatic carbocycles. The van der Waals surface area contributed by atoms with Gasteiger partial charge < -0.3 is 43.7 Å². The number of phenolic OH excluding ortho intramolecular Hbond substituents is 1. The molecule has 9 aromatic rings. The molecule has 10 rings (SSSR count). The zero-order valence-electron chi connectivity index (χ0n) is 41.6. The van der Waals surface area contributed by atoms with E-state index in [-0.39, 0.29) is 94.5 Å². The minimum Gasteiger partial charge on any atom is -1.00 e. The Morgan fingerprint density at radius 3 is 1.47 bits per heavy atom. The third kappa shape index (κ3) is 18.0. The predicted octanol–water partition coefficient (Wildman–Crippen LogP) is 9.72. The van der Waals surface area contributed by atoms with Crippen molar-refractivity contribution in [3.63, 3.8) is 0 Å². The second-order valence-corrected chi connectivity index (χ2v) is 20.1. The number of carboxylic acids is 1. The van der Waals surface area contributed by atoms with Crippen LogP contribution in [0, 0.1) is 22.7 Å². The molecule has 1 atom stereocenters. The van der Waals surface area contributed by atoms with Crippen molar-refractivity contribution in [1.82, 2.24) is 15.0 Å². The van der Waals surface area contributed by atoms with Gasteiger partial charge in [0.05, 0.1) is 47.3 Å². The number of halogens is 11. The van der Waals surface area contributed by atoms with Crippen LogP contribution < -0.4 is 63.0 Å². The SMILES string of the molecule is FC(F)(F)c1ccccc1CBr.N#Cc1nc2ccc(O)cc2s1.N#Cc1nc2ccc(OCc3ccccc3C(F)(F)F)cc2s1.O=C(O)[C@H]1CSC(c2nc3ccc(OCc4ccccc4C(F)(F)F)cc3s2)=N1.[2H]C.[I-].[Na+]. The molecule has 1 aliphatic rings. The molecule has 0 saturated heterocycles. The number of aromatic hydroxyl groups is 1. The molecule has 79 heavy (non-hydrogen) atoms. The molecular formula is C52H36BrF9IN6NaO5S4. The van der Waals surface area contributed by atoms with E-state index in [2.05, 4.69) is 35.9 Å². The monoisotopic (exact) mass is 1350 g/mol. The first kappa shape index (κ1) is 64.3. The van der Waals surface area contributed by atoms with Crippen molar-refractivity contribution in [2.75, 3.05) is 5.75 Å². The van der Waals surface area contributed by atoms with Gasteiger partial charge in [-0.3, -0.25) is 4.99 Å². The molecule has 0 spiro atoms. The van der Waals surface area contributed by atoms with Gasteiger partial charge in [0, 0.05) is 23.6 Å². The molecule has 0 aliphatic carbocycles. The van der Waals surface area contributed by atoms with Gasteiger partial charge in [-0.1, -0.05) is 77.9 Å². The van der Waals surface area contributed by atoms with Gasteiger partial charge in [-0.25, -0.2) is 19.7 Å². The summed E-state index contributed by atoms with van der Waals surface area (Å²) in [6, 6.07) is 34.2. The third-order valence-electron chi connectivity index (χ3n) is 10.3. The number of ether oxygens (including phenoxy) is 2. The summed E-state index contributed by atoms with van der Waals surface area (Å²) < 4.78 is 134. The van der Waals surface area contributed by atoms with Crippen LogP contribution >= 0.6 is 61.7 Å². The van der Waals surface area contributed by atoms with Crippen LogP contribution in [-0.2, 0) is 41.9 Å². The molecule has 1 aliphatic heterocycles. The number of nitriles is 2. The van der Waals surface area contributed by atoms with E-state index >= 15 is 0 Å². The van der Waals surface area contributed by atoms with Gasteiger partial charge in [-0.2, -0.15) is 50.0 Å². The van der Waals surface area contributed by atoms with Crippen LogP contribution in [0.25, 0.3) is 30.6 Å². The number of hydrogen-bond donors (Lipinski definition) is 2. The van der Waals surface area contributed by atoms with Gasteiger partial charge in [0.15, 0.2) is 16.1 Å². The zero-order valence-corrected chi connectivity index (χ0v) is 49.6. The molecule has 0 bridgehead atoms. The van der Waals surface area contributed by atoms with Crippen LogP contribution in [0.15, 0.2) is 132 Å². The Bertz CT molecular complexity index is 3670. The maximum Gasteiger partial charge on any atom is 1.00 e. The summed E-state index contributed by atoms with van der Waals surface area (Å²) in [4.78, 5) is 27.8. The van der Waals surface area contributed by atoms with Crippen LogP contribution in [0.4, 0.5) is 39.5 Å². The molecule has 2 N–H and O–H groups in total. The first-order valence-electron chi connectivity index (χ1n) is 22.5. The van der Waals surface area contributed by atoms with E-state index < -0.39 is 47.2 Å². The Balaban J connectivity index is 0.000000240. The van der Waals surface area contributed by atoms with E-state index in [1.807, 2.05) is 12.1 Å². The van der Waals surface area contributed by atoms with Gasteiger partial charge in [-0.05, 0) is 78.4 Å². The van der Waals surface area contributed by atoms with Crippen LogP contribution in [0.5, 0.6) is 17.2 Å². The molecule has 0 amide bonds. The first-order chi connectivity index (χ1) is 37.1. The minimum atomic E-state index is -4.44. The van der Waals surface area contributed by atoms with Gasteiger partial charge in [-0.15, -0.1) is 45.8 Å². The van der Waals surface area contributed by atoms with Crippen LogP contribution in [0.2, 0.25) is 0 Å². The van der Waals surface area contributed by atoms with Crippen molar-refractivity contribution in [3.8, 4) is 29.4 Å². The number of aliphatic carboxylic acids is 1. The van der Waals surface area contributed by atoms with Crippen molar-refractivity contribution in [1.29, 1.82) is 10.5 Å². The molecule has 4 heterocycles. The number of benzene rings is 6. The van der Waals surface area contributed by atoms with E-state index in [0.717, 1.165) is 37.8 Å². The average molecular weight is 1350 g/mol. The van der Waals surface area contributed by atoms with Crippen molar-refractivity contribution in [2.24, 2.45) is 4.99 Å². The average Bonchev–Trinajstić information content (AvgIpc) is 4.26. The van der Waals surface area contributed by atoms with Crippen molar-refractivity contribution in [2.45, 2.75) is 50.5 Å². The molecule has 0 unspecified atom stereocenters. The smallest absolute Gasteiger partial charge is 1.00 e. The summed E-state index contributed by atoms with van der Waals surface area (Å²) in [6.07, 6.45) is -13.1. The number of aliphatic imine (C=N–C) groups is 1. The summed E-state index contributed by atoms with van der Waals surface area (Å²) in [5.41, 5.74) is 0.519. The van der Waals surface area contributed by atoms with Gasteiger partial charge >= 0.3 is 54.1 Å². The van der Waals surface area contributed by atoms with E-state index in [9.17, 15) is 44.3 Å². The maximum atomic E-state index is 13.1. The molecule has 3 aromatic heterocycles. The number of carboxylic acid groups (broad SMARTS) is 1. The number of phenols is 1. The standard InChI is InChI=1S/C19H13F3N2O3S2.C16H9F3N2OS.C8H6BrF3.C8H4N2OS.CH4.HI.Na/c20-19(21,22)12-4-2-1-3-10(12)8-27-11-5-6-13-15(7-11)29-17(23-13)16-24-14(9-28-16)18(25)26;17-16(18,19)12-4-2-1-3-10(12)9-22-11-5-6-13-14(7-11)23-15(8-20)21-13;9-5-6-3-1-2-4-7(6)8(10,11)12;9-4-8-10-6-2-1-5(11)3-7(6)12-8;;;/h1-7,14H,8-9H2,(H,25,26);1-7H,9H2;1-4H,5H2;1-3,11H;1H4;1H;/q;;;;;;+1/p-1/t14-;;;;;;/m1....../s1/i;;;;1D;;. The molecule has 11 nitrogen and oxygen atoms in total. The van der Waals surface area contributed by atoms with E-state index in [1.165, 1.54) is 95.6 Å². The van der Waals surface area contributed by atoms with Gasteiger partial charge in [0.1, 0.15) is 52.7 Å². The summed E-state index contributed by atoms with van der Waals surface area (Å²) in [7, 11) is 1.25. The second-order valence-electron chi connectivity index (χ2n) is 15.5. The van der Waals surface area contributed by atoms with Crippen molar-refractivity contribution < 1.29 is 119 Å². The zero-order chi connectivity index (χ0) is 56.8. The number of thioether (sulfide) groups is 1. The van der Waals surface area contributed by atoms with Crippen LogP contribution in [0.1, 0.15) is 57.2 Å². The van der Waals surface area contributed by atoms with Gasteiger partial charge in [0.25, 0.3) is 0 Å². The number of hydrogen-bond acceptors (Lipinski definition) is 14. The van der Waals surface area contributed by atoms with Gasteiger partial charge in [0.2, 0.25) is 0 Å². The Labute approximate surface area is 509 Å². The maximum absolute atomic E-state index is 13.1. The Kier molecular flexibility index (Phi) is 23.8. The molecule has 0 radical (unpaired) electrons. The van der Waals surface area contributed by atoms with E-state index in [1.54, 1.807) is 66.7 Å². The van der Waals surface area contributed by atoms with Crippen molar-refractivity contribution in [3.05, 3.63) is 176 Å². The summed E-state index contributed by atoms with van der Waals surface area (Å²) in [5, 5.41) is 37.7. The van der Waals surface area contributed by atoms with E-state index in [0.29, 0.717) is 48.4 Å².